The largest absolute Gasteiger partial charge is 0.368 e. The molecule has 17 heavy (non-hydrogen) atoms. The van der Waals surface area contributed by atoms with E-state index in [9.17, 15) is 5.11 Å². The van der Waals surface area contributed by atoms with E-state index >= 15 is 0 Å². The molecular weight excluding hydrogens is 216 g/mol. The van der Waals surface area contributed by atoms with Crippen LogP contribution < -0.4 is 0 Å². The molecule has 3 nitrogen and oxygen atoms in total. The van der Waals surface area contributed by atoms with Gasteiger partial charge in [0.15, 0.2) is 12.6 Å². The number of hydrogen-bond donors (Lipinski definition) is 1. The first-order valence-corrected chi connectivity index (χ1v) is 6.92. The summed E-state index contributed by atoms with van der Waals surface area (Å²) in [4.78, 5) is 0. The molecule has 3 atom stereocenters. The molecule has 1 fully saturated rings. The third-order valence-electron chi connectivity index (χ3n) is 3.30. The van der Waals surface area contributed by atoms with Gasteiger partial charge in [0.25, 0.3) is 0 Å². The van der Waals surface area contributed by atoms with Crippen molar-refractivity contribution in [3.05, 3.63) is 0 Å². The van der Waals surface area contributed by atoms with Crippen molar-refractivity contribution in [3.8, 4) is 0 Å². The molecule has 1 aliphatic heterocycles. The standard InChI is InChI=1S/C14H28O3/c1-5-6-8-11(14(2,3)4)16-13-10-7-9-12(15)17-13/h11-13,15H,5-10H2,1-4H3. The Kier molecular flexibility index (Phi) is 5.90. The van der Waals surface area contributed by atoms with Crippen LogP contribution in [0.25, 0.3) is 0 Å². The highest BCUT2D eigenvalue weighted by molar-refractivity contribution is 4.75. The molecule has 0 aliphatic carbocycles. The van der Waals surface area contributed by atoms with Crippen LogP contribution in [0, 0.1) is 5.41 Å². The Hall–Kier alpha value is -0.120. The van der Waals surface area contributed by atoms with E-state index < -0.39 is 6.29 Å². The zero-order chi connectivity index (χ0) is 12.9. The van der Waals surface area contributed by atoms with E-state index in [4.69, 9.17) is 9.47 Å². The molecule has 0 bridgehead atoms. The molecule has 1 aliphatic rings. The fourth-order valence-corrected chi connectivity index (χ4v) is 2.15. The Morgan fingerprint density at radius 1 is 1.35 bits per heavy atom. The van der Waals surface area contributed by atoms with E-state index in [-0.39, 0.29) is 17.8 Å². The van der Waals surface area contributed by atoms with E-state index in [0.29, 0.717) is 0 Å². The smallest absolute Gasteiger partial charge is 0.161 e. The average molecular weight is 244 g/mol. The Labute approximate surface area is 105 Å². The van der Waals surface area contributed by atoms with Gasteiger partial charge in [0.05, 0.1) is 6.10 Å². The van der Waals surface area contributed by atoms with Gasteiger partial charge in [-0.1, -0.05) is 40.5 Å². The van der Waals surface area contributed by atoms with Crippen molar-refractivity contribution in [2.75, 3.05) is 0 Å². The van der Waals surface area contributed by atoms with Gasteiger partial charge < -0.3 is 14.6 Å². The van der Waals surface area contributed by atoms with Crippen LogP contribution in [0.4, 0.5) is 0 Å². The summed E-state index contributed by atoms with van der Waals surface area (Å²) in [5.41, 5.74) is 0.126. The minimum Gasteiger partial charge on any atom is -0.368 e. The molecule has 1 heterocycles. The average Bonchev–Trinajstić information content (AvgIpc) is 2.22. The number of aliphatic hydroxyl groups is 1. The van der Waals surface area contributed by atoms with Gasteiger partial charge in [-0.15, -0.1) is 0 Å². The third kappa shape index (κ3) is 5.36. The van der Waals surface area contributed by atoms with Crippen molar-refractivity contribution in [1.82, 2.24) is 0 Å². The Morgan fingerprint density at radius 2 is 2.06 bits per heavy atom. The first-order chi connectivity index (χ1) is 7.93. The summed E-state index contributed by atoms with van der Waals surface area (Å²) in [5.74, 6) is 0. The summed E-state index contributed by atoms with van der Waals surface area (Å²) in [7, 11) is 0. The van der Waals surface area contributed by atoms with Crippen LogP contribution in [0.15, 0.2) is 0 Å². The number of hydrogen-bond acceptors (Lipinski definition) is 3. The minimum absolute atomic E-state index is 0.126. The first-order valence-electron chi connectivity index (χ1n) is 6.92. The first kappa shape index (κ1) is 14.9. The molecule has 0 aromatic carbocycles. The lowest BCUT2D eigenvalue weighted by Gasteiger charge is -2.36. The Morgan fingerprint density at radius 3 is 2.59 bits per heavy atom. The van der Waals surface area contributed by atoms with Crippen molar-refractivity contribution < 1.29 is 14.6 Å². The molecule has 1 rings (SSSR count). The maximum atomic E-state index is 9.47. The molecule has 1 saturated heterocycles. The number of rotatable bonds is 5. The van der Waals surface area contributed by atoms with Crippen LogP contribution in [0.3, 0.4) is 0 Å². The van der Waals surface area contributed by atoms with E-state index in [1.165, 1.54) is 12.8 Å². The number of ether oxygens (including phenoxy) is 2. The van der Waals surface area contributed by atoms with Crippen LogP contribution in [-0.4, -0.2) is 23.8 Å². The molecule has 3 unspecified atom stereocenters. The Balaban J connectivity index is 2.47. The molecule has 0 spiro atoms. The second kappa shape index (κ2) is 6.72. The topological polar surface area (TPSA) is 38.7 Å². The predicted octanol–water partition coefficient (Wildman–Crippen LogP) is 3.45. The van der Waals surface area contributed by atoms with Gasteiger partial charge in [-0.3, -0.25) is 0 Å². The highest BCUT2D eigenvalue weighted by Crippen LogP contribution is 2.30. The summed E-state index contributed by atoms with van der Waals surface area (Å²) >= 11 is 0. The second-order valence-electron chi connectivity index (χ2n) is 6.08. The lowest BCUT2D eigenvalue weighted by Crippen LogP contribution is -2.38. The normalized spacial score (nSPS) is 28.1. The lowest BCUT2D eigenvalue weighted by atomic mass is 9.86. The van der Waals surface area contributed by atoms with Crippen LogP contribution in [0.1, 0.15) is 66.2 Å². The fourth-order valence-electron chi connectivity index (χ4n) is 2.15. The quantitative estimate of drug-likeness (QED) is 0.805. The van der Waals surface area contributed by atoms with Crippen LogP contribution in [0.2, 0.25) is 0 Å². The van der Waals surface area contributed by atoms with Crippen molar-refractivity contribution >= 4 is 0 Å². The maximum absolute atomic E-state index is 9.47. The van der Waals surface area contributed by atoms with E-state index in [1.54, 1.807) is 0 Å². The molecule has 0 aromatic rings. The zero-order valence-electron chi connectivity index (χ0n) is 11.7. The lowest BCUT2D eigenvalue weighted by molar-refractivity contribution is -0.275. The van der Waals surface area contributed by atoms with Crippen molar-refractivity contribution in [3.63, 3.8) is 0 Å². The molecule has 0 saturated carbocycles. The monoisotopic (exact) mass is 244 g/mol. The van der Waals surface area contributed by atoms with Gasteiger partial charge in [0.1, 0.15) is 0 Å². The van der Waals surface area contributed by atoms with Gasteiger partial charge >= 0.3 is 0 Å². The van der Waals surface area contributed by atoms with Gasteiger partial charge in [-0.25, -0.2) is 0 Å². The van der Waals surface area contributed by atoms with E-state index in [0.717, 1.165) is 25.7 Å². The maximum Gasteiger partial charge on any atom is 0.161 e. The van der Waals surface area contributed by atoms with Crippen molar-refractivity contribution in [2.24, 2.45) is 5.41 Å². The predicted molar refractivity (Wildman–Crippen MR) is 68.6 cm³/mol. The summed E-state index contributed by atoms with van der Waals surface area (Å²) in [5, 5.41) is 9.47. The van der Waals surface area contributed by atoms with Crippen LogP contribution >= 0.6 is 0 Å². The molecule has 102 valence electrons. The molecule has 0 amide bonds. The second-order valence-corrected chi connectivity index (χ2v) is 6.08. The summed E-state index contributed by atoms with van der Waals surface area (Å²) in [6.45, 7) is 8.80. The highest BCUT2D eigenvalue weighted by atomic mass is 16.7. The van der Waals surface area contributed by atoms with Gasteiger partial charge in [0, 0.05) is 0 Å². The van der Waals surface area contributed by atoms with Crippen molar-refractivity contribution in [1.29, 1.82) is 0 Å². The summed E-state index contributed by atoms with van der Waals surface area (Å²) in [6, 6.07) is 0. The van der Waals surface area contributed by atoms with Crippen LogP contribution in [0.5, 0.6) is 0 Å². The third-order valence-corrected chi connectivity index (χ3v) is 3.30. The number of aliphatic hydroxyl groups excluding tert-OH is 1. The summed E-state index contributed by atoms with van der Waals surface area (Å²) in [6.07, 6.45) is 5.39. The fraction of sp³-hybridized carbons (Fsp3) is 1.00. The Bertz CT molecular complexity index is 210. The van der Waals surface area contributed by atoms with Gasteiger partial charge in [-0.05, 0) is 31.1 Å². The molecular formula is C14H28O3. The number of unbranched alkanes of at least 4 members (excludes halogenated alkanes) is 1. The van der Waals surface area contributed by atoms with Crippen LogP contribution in [-0.2, 0) is 9.47 Å². The van der Waals surface area contributed by atoms with Gasteiger partial charge in [0.2, 0.25) is 0 Å². The molecule has 0 radical (unpaired) electrons. The highest BCUT2D eigenvalue weighted by Gasteiger charge is 2.30. The van der Waals surface area contributed by atoms with E-state index in [1.807, 2.05) is 0 Å². The minimum atomic E-state index is -0.638. The van der Waals surface area contributed by atoms with Gasteiger partial charge in [-0.2, -0.15) is 0 Å². The van der Waals surface area contributed by atoms with E-state index in [2.05, 4.69) is 27.7 Å². The van der Waals surface area contributed by atoms with Crippen molar-refractivity contribution in [2.45, 2.75) is 84.9 Å². The molecule has 3 heteroatoms. The SMILES string of the molecule is CCCCC(OC1CCCC(O)O1)C(C)(C)C. The molecule has 0 aromatic heterocycles. The summed E-state index contributed by atoms with van der Waals surface area (Å²) < 4.78 is 11.5. The molecule has 1 N–H and O–H groups in total. The zero-order valence-corrected chi connectivity index (χ0v) is 11.7.